The zero-order valence-corrected chi connectivity index (χ0v) is 22.9. The third-order valence-corrected chi connectivity index (χ3v) is 8.44. The molecule has 2 aromatic rings. The Hall–Kier alpha value is -3.15. The average Bonchev–Trinajstić information content (AvgIpc) is 3.13. The summed E-state index contributed by atoms with van der Waals surface area (Å²) in [4.78, 5) is 2.33. The standard InChI is InChI=1S/C33H38N2O3/c1-4-13-35-28-8-6-5-7-27(28)33(2,3)32(35)12-10-23-9-11-24-19-25-20-26(22-34-14-16-37-17-15-34)29(36)21-31(25)38-30(24)18-23/h5-8,10,12,18-21,30H,4,9,11,13-17,22H2,1-3H3/p+1/b12-10+. The first-order valence-corrected chi connectivity index (χ1v) is 14.1. The second-order valence-electron chi connectivity index (χ2n) is 11.4. The SMILES string of the molecule is CCC[N+]1=C(/C=C/C2=CC3Oc4cc(O)c(CN5CCOCC5)cc4C=C3CC2)C(C)(C)c2ccccc21. The molecule has 1 fully saturated rings. The number of allylic oxidation sites excluding steroid dienone is 3. The van der Waals surface area contributed by atoms with Crippen molar-refractivity contribution < 1.29 is 19.2 Å². The summed E-state index contributed by atoms with van der Waals surface area (Å²) in [6, 6.07) is 12.7. The van der Waals surface area contributed by atoms with Gasteiger partial charge in [0.15, 0.2) is 5.71 Å². The lowest BCUT2D eigenvalue weighted by atomic mass is 9.81. The molecular weight excluding hydrogens is 472 g/mol. The van der Waals surface area contributed by atoms with E-state index in [0.717, 1.165) is 75.5 Å². The van der Waals surface area contributed by atoms with Crippen LogP contribution in [-0.2, 0) is 16.7 Å². The van der Waals surface area contributed by atoms with Gasteiger partial charge in [-0.15, -0.1) is 0 Å². The van der Waals surface area contributed by atoms with E-state index in [9.17, 15) is 5.11 Å². The largest absolute Gasteiger partial charge is 0.507 e. The maximum absolute atomic E-state index is 10.8. The van der Waals surface area contributed by atoms with Crippen molar-refractivity contribution in [3.63, 3.8) is 0 Å². The highest BCUT2D eigenvalue weighted by molar-refractivity contribution is 6.03. The van der Waals surface area contributed by atoms with Crippen molar-refractivity contribution >= 4 is 17.5 Å². The van der Waals surface area contributed by atoms with Crippen molar-refractivity contribution in [3.8, 4) is 11.5 Å². The first-order chi connectivity index (χ1) is 18.4. The summed E-state index contributed by atoms with van der Waals surface area (Å²) in [5.74, 6) is 1.07. The van der Waals surface area contributed by atoms with Crippen molar-refractivity contribution in [3.05, 3.63) is 82.5 Å². The molecule has 5 nitrogen and oxygen atoms in total. The molecule has 1 N–H and O–H groups in total. The Morgan fingerprint density at radius 2 is 1.92 bits per heavy atom. The molecule has 0 radical (unpaired) electrons. The van der Waals surface area contributed by atoms with E-state index in [2.05, 4.69) is 84.9 Å². The van der Waals surface area contributed by atoms with Crippen LogP contribution in [-0.4, -0.2) is 59.2 Å². The van der Waals surface area contributed by atoms with Crippen LogP contribution in [0.4, 0.5) is 5.69 Å². The van der Waals surface area contributed by atoms with Crippen molar-refractivity contribution in [2.24, 2.45) is 0 Å². The zero-order chi connectivity index (χ0) is 26.3. The number of rotatable bonds is 6. The number of nitrogens with zero attached hydrogens (tertiary/aromatic N) is 2. The number of morpholine rings is 1. The smallest absolute Gasteiger partial charge is 0.209 e. The predicted octanol–water partition coefficient (Wildman–Crippen LogP) is 6.13. The van der Waals surface area contributed by atoms with Gasteiger partial charge in [-0.25, -0.2) is 0 Å². The number of phenolic OH excluding ortho intramolecular Hbond substituents is 1. The Bertz CT molecular complexity index is 1360. The van der Waals surface area contributed by atoms with E-state index >= 15 is 0 Å². The summed E-state index contributed by atoms with van der Waals surface area (Å²) in [6.07, 6.45) is 12.2. The molecule has 0 aromatic heterocycles. The van der Waals surface area contributed by atoms with Gasteiger partial charge in [-0.05, 0) is 56.1 Å². The Morgan fingerprint density at radius 1 is 1.11 bits per heavy atom. The van der Waals surface area contributed by atoms with Crippen LogP contribution in [0, 0.1) is 0 Å². The van der Waals surface area contributed by atoms with Gasteiger partial charge < -0.3 is 14.6 Å². The maximum atomic E-state index is 10.8. The highest BCUT2D eigenvalue weighted by Crippen LogP contribution is 2.41. The van der Waals surface area contributed by atoms with Gasteiger partial charge >= 0.3 is 0 Å². The molecule has 198 valence electrons. The van der Waals surface area contributed by atoms with Crippen LogP contribution in [0.5, 0.6) is 11.5 Å². The van der Waals surface area contributed by atoms with Crippen LogP contribution in [0.25, 0.3) is 6.08 Å². The summed E-state index contributed by atoms with van der Waals surface area (Å²) in [5.41, 5.74) is 8.70. The summed E-state index contributed by atoms with van der Waals surface area (Å²) in [7, 11) is 0. The van der Waals surface area contributed by atoms with Crippen LogP contribution >= 0.6 is 0 Å². The van der Waals surface area contributed by atoms with E-state index in [1.165, 1.54) is 28.1 Å². The molecule has 0 bridgehead atoms. The predicted molar refractivity (Wildman–Crippen MR) is 153 cm³/mol. The van der Waals surface area contributed by atoms with Gasteiger partial charge in [-0.3, -0.25) is 4.90 Å². The molecule has 4 aliphatic rings. The Labute approximate surface area is 226 Å². The van der Waals surface area contributed by atoms with E-state index in [4.69, 9.17) is 9.47 Å². The molecule has 0 spiro atoms. The molecule has 5 heteroatoms. The van der Waals surface area contributed by atoms with E-state index < -0.39 is 0 Å². The van der Waals surface area contributed by atoms with Gasteiger partial charge in [-0.2, -0.15) is 4.58 Å². The molecule has 0 saturated carbocycles. The molecule has 1 atom stereocenters. The number of ether oxygens (including phenoxy) is 2. The van der Waals surface area contributed by atoms with Crippen LogP contribution < -0.4 is 4.74 Å². The molecule has 3 aliphatic heterocycles. The highest BCUT2D eigenvalue weighted by atomic mass is 16.5. The van der Waals surface area contributed by atoms with Crippen LogP contribution in [0.2, 0.25) is 0 Å². The highest BCUT2D eigenvalue weighted by Gasteiger charge is 2.43. The number of para-hydroxylation sites is 1. The zero-order valence-electron chi connectivity index (χ0n) is 22.9. The third kappa shape index (κ3) is 4.63. The van der Waals surface area contributed by atoms with Crippen molar-refractivity contribution in [1.29, 1.82) is 0 Å². The molecule has 3 heterocycles. The van der Waals surface area contributed by atoms with Crippen molar-refractivity contribution in [2.45, 2.75) is 58.1 Å². The fourth-order valence-electron chi connectivity index (χ4n) is 6.32. The fourth-order valence-corrected chi connectivity index (χ4v) is 6.32. The minimum atomic E-state index is -0.0778. The minimum Gasteiger partial charge on any atom is -0.507 e. The molecule has 1 aliphatic carbocycles. The number of fused-ring (bicyclic) bond motifs is 3. The second kappa shape index (κ2) is 10.2. The maximum Gasteiger partial charge on any atom is 0.209 e. The quantitative estimate of drug-likeness (QED) is 0.474. The number of hydrogen-bond donors (Lipinski definition) is 1. The topological polar surface area (TPSA) is 44.9 Å². The average molecular weight is 512 g/mol. The molecule has 38 heavy (non-hydrogen) atoms. The Morgan fingerprint density at radius 3 is 2.74 bits per heavy atom. The summed E-state index contributed by atoms with van der Waals surface area (Å²) in [6.45, 7) is 12.0. The number of aromatic hydroxyl groups is 1. The third-order valence-electron chi connectivity index (χ3n) is 8.44. The second-order valence-corrected chi connectivity index (χ2v) is 11.4. The van der Waals surface area contributed by atoms with E-state index in [1.807, 2.05) is 0 Å². The number of hydrogen-bond acceptors (Lipinski definition) is 4. The van der Waals surface area contributed by atoms with Gasteiger partial charge in [0.05, 0.1) is 18.6 Å². The molecule has 2 aromatic carbocycles. The molecule has 0 amide bonds. The normalized spacial score (nSPS) is 22.4. The first-order valence-electron chi connectivity index (χ1n) is 14.1. The number of benzene rings is 2. The van der Waals surface area contributed by atoms with Gasteiger partial charge in [0.25, 0.3) is 0 Å². The van der Waals surface area contributed by atoms with Crippen LogP contribution in [0.15, 0.2) is 65.8 Å². The molecule has 1 saturated heterocycles. The summed E-state index contributed by atoms with van der Waals surface area (Å²) in [5, 5.41) is 10.8. The van der Waals surface area contributed by atoms with E-state index in [1.54, 1.807) is 6.07 Å². The fraction of sp³-hybridized carbons (Fsp3) is 0.424. The monoisotopic (exact) mass is 511 g/mol. The van der Waals surface area contributed by atoms with Crippen LogP contribution in [0.1, 0.15) is 56.7 Å². The number of phenols is 1. The Kier molecular flexibility index (Phi) is 6.75. The molecule has 6 rings (SSSR count). The molecular formula is C33H39N2O3+. The van der Waals surface area contributed by atoms with Crippen molar-refractivity contribution in [1.82, 2.24) is 4.90 Å². The van der Waals surface area contributed by atoms with Gasteiger partial charge in [0.1, 0.15) is 24.1 Å². The first kappa shape index (κ1) is 25.1. The Balaban J connectivity index is 1.23. The van der Waals surface area contributed by atoms with Crippen molar-refractivity contribution in [2.75, 3.05) is 32.8 Å². The van der Waals surface area contributed by atoms with E-state index in [-0.39, 0.29) is 11.5 Å². The van der Waals surface area contributed by atoms with Crippen LogP contribution in [0.3, 0.4) is 0 Å². The van der Waals surface area contributed by atoms with Gasteiger partial charge in [0.2, 0.25) is 5.69 Å². The minimum absolute atomic E-state index is 0.0285. The van der Waals surface area contributed by atoms with Gasteiger partial charge in [-0.1, -0.05) is 31.2 Å². The van der Waals surface area contributed by atoms with Gasteiger partial charge in [0, 0.05) is 61.0 Å². The lowest BCUT2D eigenvalue weighted by Crippen LogP contribution is -2.35. The summed E-state index contributed by atoms with van der Waals surface area (Å²) < 4.78 is 14.4. The van der Waals surface area contributed by atoms with E-state index in [0.29, 0.717) is 5.75 Å². The lowest BCUT2D eigenvalue weighted by Gasteiger charge is -2.30. The molecule has 1 unspecified atom stereocenters. The lowest BCUT2D eigenvalue weighted by molar-refractivity contribution is -0.437. The summed E-state index contributed by atoms with van der Waals surface area (Å²) >= 11 is 0.